The Labute approximate surface area is 333 Å². The number of aliphatic imine (C=N–C) groups is 1. The number of benzene rings is 7. The number of allylic oxidation sites excluding steroid dienone is 1. The highest BCUT2D eigenvalue weighted by atomic mass is 32.1. The fraction of sp³-hybridized carbons (Fsp3) is 0.0784. The van der Waals surface area contributed by atoms with Crippen LogP contribution in [0.25, 0.3) is 75.9 Å². The summed E-state index contributed by atoms with van der Waals surface area (Å²) in [6.07, 6.45) is 6.31. The molecule has 0 amide bonds. The quantitative estimate of drug-likeness (QED) is 0.184. The molecule has 7 aromatic carbocycles. The number of furan rings is 1. The number of nitrogens with one attached hydrogen (secondary N) is 2. The number of para-hydroxylation sites is 1. The molecule has 3 aromatic heterocycles. The molecule has 0 saturated heterocycles. The average molecular weight is 753 g/mol. The lowest BCUT2D eigenvalue weighted by Crippen LogP contribution is -2.45. The molecule has 0 saturated carbocycles. The minimum Gasteiger partial charge on any atom is -0.456 e. The van der Waals surface area contributed by atoms with Gasteiger partial charge in [0, 0.05) is 59.3 Å². The fourth-order valence-corrected chi connectivity index (χ4v) is 10.4. The smallest absolute Gasteiger partial charge is 0.137 e. The Morgan fingerprint density at radius 3 is 2.28 bits per heavy atom. The van der Waals surface area contributed by atoms with Gasteiger partial charge in [-0.05, 0) is 83.1 Å². The van der Waals surface area contributed by atoms with Crippen molar-refractivity contribution in [3.8, 4) is 16.8 Å². The van der Waals surface area contributed by atoms with E-state index >= 15 is 0 Å². The molecule has 0 radical (unpaired) electrons. The molecule has 1 aliphatic carbocycles. The largest absolute Gasteiger partial charge is 0.456 e. The highest BCUT2D eigenvalue weighted by molar-refractivity contribution is 7.26. The van der Waals surface area contributed by atoms with Crippen LogP contribution in [0, 0.1) is 0 Å². The zero-order chi connectivity index (χ0) is 37.5. The Morgan fingerprint density at radius 2 is 1.40 bits per heavy atom. The van der Waals surface area contributed by atoms with Gasteiger partial charge in [-0.25, -0.2) is 4.99 Å². The molecule has 2 atom stereocenters. The Kier molecular flexibility index (Phi) is 7.37. The molecule has 6 heteroatoms. The van der Waals surface area contributed by atoms with E-state index < -0.39 is 0 Å². The van der Waals surface area contributed by atoms with Crippen LogP contribution in [0.3, 0.4) is 0 Å². The minimum absolute atomic E-state index is 0.188. The summed E-state index contributed by atoms with van der Waals surface area (Å²) in [6, 6.07) is 56.4. The van der Waals surface area contributed by atoms with Crippen LogP contribution >= 0.6 is 11.3 Å². The van der Waals surface area contributed by atoms with Crippen LogP contribution in [0.2, 0.25) is 0 Å². The first-order valence-corrected chi connectivity index (χ1v) is 20.5. The standard InChI is InChI=1S/C51H36N4OS/c1-3-14-31(15-4-1)49-52-50(32-16-5-2-6-17-32)54-51(53-49)39-22-13-27-45-48(39)47-37(21-12-26-44(47)57-45)36-20-11-25-42-46(36)38-29-28-33(30-43(38)56-42)55-40-23-9-7-18-34(40)35-19-8-10-24-41(35)55/h1-7,9-18,20-30,49,51,53H,8,19H2,(H,52,54). The number of fused-ring (bicyclic) bond motifs is 9. The summed E-state index contributed by atoms with van der Waals surface area (Å²) in [5, 5.41) is 13.8. The SMILES string of the molecule is C1=Cc2c(c3ccccc3n2-c2ccc3c(c2)oc2cccc(-c4cccc5sc6cccc(C7NC(c8ccccc8)=NC(c8ccccc8)N7)c6c45)c23)CC1. The zero-order valence-corrected chi connectivity index (χ0v) is 31.8. The fourth-order valence-electron chi connectivity index (χ4n) is 9.27. The number of rotatable bonds is 5. The first kappa shape index (κ1) is 32.5. The summed E-state index contributed by atoms with van der Waals surface area (Å²) < 4.78 is 11.7. The van der Waals surface area contributed by atoms with E-state index in [4.69, 9.17) is 9.41 Å². The second kappa shape index (κ2) is 12.9. The predicted molar refractivity (Wildman–Crippen MR) is 237 cm³/mol. The van der Waals surface area contributed by atoms with Crippen molar-refractivity contribution in [2.24, 2.45) is 4.99 Å². The lowest BCUT2D eigenvalue weighted by molar-refractivity contribution is 0.411. The van der Waals surface area contributed by atoms with E-state index in [9.17, 15) is 0 Å². The summed E-state index contributed by atoms with van der Waals surface area (Å²) in [7, 11) is 0. The Balaban J connectivity index is 1.03. The monoisotopic (exact) mass is 752 g/mol. The van der Waals surface area contributed by atoms with Crippen molar-refractivity contribution < 1.29 is 4.42 Å². The topological polar surface area (TPSA) is 54.5 Å². The summed E-state index contributed by atoms with van der Waals surface area (Å²) >= 11 is 1.85. The van der Waals surface area contributed by atoms with Crippen molar-refractivity contribution in [2.75, 3.05) is 0 Å². The lowest BCUT2D eigenvalue weighted by Gasteiger charge is -2.32. The van der Waals surface area contributed by atoms with E-state index in [1.807, 2.05) is 17.4 Å². The van der Waals surface area contributed by atoms with Gasteiger partial charge in [0.15, 0.2) is 0 Å². The lowest BCUT2D eigenvalue weighted by atomic mass is 9.93. The van der Waals surface area contributed by atoms with Gasteiger partial charge in [-0.1, -0.05) is 121 Å². The third-order valence-corrected chi connectivity index (χ3v) is 12.9. The molecule has 0 fully saturated rings. The molecule has 5 nitrogen and oxygen atoms in total. The van der Waals surface area contributed by atoms with E-state index in [0.29, 0.717) is 0 Å². The molecule has 10 aromatic rings. The molecule has 0 spiro atoms. The molecule has 2 aliphatic rings. The van der Waals surface area contributed by atoms with Gasteiger partial charge >= 0.3 is 0 Å². The molecule has 4 heterocycles. The van der Waals surface area contributed by atoms with Gasteiger partial charge in [-0.3, -0.25) is 5.32 Å². The van der Waals surface area contributed by atoms with Gasteiger partial charge in [-0.2, -0.15) is 0 Å². The van der Waals surface area contributed by atoms with Gasteiger partial charge in [0.25, 0.3) is 0 Å². The maximum absolute atomic E-state index is 6.76. The Hall–Kier alpha value is -6.73. The van der Waals surface area contributed by atoms with Crippen LogP contribution in [0.4, 0.5) is 0 Å². The number of amidine groups is 1. The van der Waals surface area contributed by atoms with Crippen molar-refractivity contribution in [2.45, 2.75) is 25.2 Å². The van der Waals surface area contributed by atoms with Crippen molar-refractivity contribution in [3.63, 3.8) is 0 Å². The average Bonchev–Trinajstić information content (AvgIpc) is 3.96. The summed E-state index contributed by atoms with van der Waals surface area (Å²) in [6.45, 7) is 0. The van der Waals surface area contributed by atoms with E-state index in [0.717, 1.165) is 57.4 Å². The number of hydrogen-bond donors (Lipinski definition) is 2. The summed E-state index contributed by atoms with van der Waals surface area (Å²) in [5.41, 5.74) is 12.6. The van der Waals surface area contributed by atoms with E-state index in [1.165, 1.54) is 59.0 Å². The number of aryl methyl sites for hydroxylation is 1. The maximum atomic E-state index is 6.76. The van der Waals surface area contributed by atoms with Crippen LogP contribution < -0.4 is 10.6 Å². The first-order valence-electron chi connectivity index (χ1n) is 19.7. The van der Waals surface area contributed by atoms with Crippen molar-refractivity contribution in [3.05, 3.63) is 192 Å². The molecule has 12 rings (SSSR count). The minimum atomic E-state index is -0.214. The maximum Gasteiger partial charge on any atom is 0.137 e. The highest BCUT2D eigenvalue weighted by Gasteiger charge is 2.28. The molecular weight excluding hydrogens is 717 g/mol. The van der Waals surface area contributed by atoms with Crippen molar-refractivity contribution in [1.29, 1.82) is 0 Å². The highest BCUT2D eigenvalue weighted by Crippen LogP contribution is 2.46. The predicted octanol–water partition coefficient (Wildman–Crippen LogP) is 12.9. The Bertz CT molecular complexity index is 3260. The van der Waals surface area contributed by atoms with Crippen LogP contribution in [-0.2, 0) is 6.42 Å². The van der Waals surface area contributed by atoms with Gasteiger partial charge < -0.3 is 14.3 Å². The molecule has 57 heavy (non-hydrogen) atoms. The molecule has 0 bridgehead atoms. The number of aromatic nitrogens is 1. The van der Waals surface area contributed by atoms with Gasteiger partial charge in [0.2, 0.25) is 0 Å². The van der Waals surface area contributed by atoms with Crippen LogP contribution in [-0.4, -0.2) is 10.4 Å². The van der Waals surface area contributed by atoms with E-state index in [2.05, 4.69) is 179 Å². The van der Waals surface area contributed by atoms with Crippen molar-refractivity contribution in [1.82, 2.24) is 15.2 Å². The normalized spacial score (nSPS) is 16.7. The van der Waals surface area contributed by atoms with Gasteiger partial charge in [0.05, 0.1) is 5.52 Å². The van der Waals surface area contributed by atoms with Crippen LogP contribution in [0.5, 0.6) is 0 Å². The zero-order valence-electron chi connectivity index (χ0n) is 30.9. The first-order chi connectivity index (χ1) is 28.3. The Morgan fingerprint density at radius 1 is 0.649 bits per heavy atom. The number of hydrogen-bond acceptors (Lipinski definition) is 5. The molecule has 2 N–H and O–H groups in total. The van der Waals surface area contributed by atoms with Gasteiger partial charge in [0.1, 0.15) is 29.3 Å². The molecular formula is C51H36N4OS. The summed E-state index contributed by atoms with van der Waals surface area (Å²) in [4.78, 5) is 5.19. The molecule has 272 valence electrons. The summed E-state index contributed by atoms with van der Waals surface area (Å²) in [5.74, 6) is 0.878. The second-order valence-electron chi connectivity index (χ2n) is 15.0. The molecule has 2 unspecified atom stereocenters. The van der Waals surface area contributed by atoms with Crippen molar-refractivity contribution >= 4 is 76.3 Å². The third kappa shape index (κ3) is 5.15. The van der Waals surface area contributed by atoms with Crippen LogP contribution in [0.1, 0.15) is 46.7 Å². The van der Waals surface area contributed by atoms with E-state index in [-0.39, 0.29) is 12.3 Å². The number of nitrogens with zero attached hydrogens (tertiary/aromatic N) is 2. The van der Waals surface area contributed by atoms with Crippen LogP contribution in [0.15, 0.2) is 173 Å². The second-order valence-corrected chi connectivity index (χ2v) is 16.1. The van der Waals surface area contributed by atoms with E-state index in [1.54, 1.807) is 0 Å². The third-order valence-electron chi connectivity index (χ3n) is 11.8. The number of thiophene rings is 1. The molecule has 1 aliphatic heterocycles. The van der Waals surface area contributed by atoms with Gasteiger partial charge in [-0.15, -0.1) is 11.3 Å².